The third-order valence-corrected chi connectivity index (χ3v) is 12.7. The zero-order valence-electron chi connectivity index (χ0n) is 28.4. The number of hydrogen-bond donors (Lipinski definition) is 0. The molecule has 5 fully saturated rings. The van der Waals surface area contributed by atoms with Gasteiger partial charge in [-0.3, -0.25) is 9.10 Å². The second kappa shape index (κ2) is 12.2. The first-order valence-corrected chi connectivity index (χ1v) is 19.3. The fourth-order valence-electron chi connectivity index (χ4n) is 7.88. The van der Waals surface area contributed by atoms with Crippen molar-refractivity contribution in [3.8, 4) is 0 Å². The van der Waals surface area contributed by atoms with E-state index < -0.39 is 10.0 Å². The van der Waals surface area contributed by atoms with Gasteiger partial charge in [0.05, 0.1) is 17.0 Å². The quantitative estimate of drug-likeness (QED) is 0.317. The normalized spacial score (nSPS) is 21.3. The van der Waals surface area contributed by atoms with E-state index >= 15 is 0 Å². The molecule has 2 aliphatic carbocycles. The van der Waals surface area contributed by atoms with Crippen molar-refractivity contribution in [2.75, 3.05) is 88.6 Å². The number of piperazine rings is 2. The number of anilines is 5. The molecule has 0 bridgehead atoms. The Morgan fingerprint density at radius 2 is 1.15 bits per heavy atom. The summed E-state index contributed by atoms with van der Waals surface area (Å²) in [4.78, 5) is 36.6. The Kier molecular flexibility index (Phi) is 7.96. The van der Waals surface area contributed by atoms with Crippen LogP contribution in [0.3, 0.4) is 0 Å². The molecule has 254 valence electrons. The van der Waals surface area contributed by atoms with Gasteiger partial charge in [-0.05, 0) is 92.5 Å². The van der Waals surface area contributed by atoms with E-state index in [0.717, 1.165) is 55.4 Å². The highest BCUT2D eigenvalue weighted by atomic mass is 32.2. The molecule has 0 N–H and O–H groups in total. The number of hydrogen-bond acceptors (Lipinski definition) is 10. The number of sulfonamides is 1. The molecule has 48 heavy (non-hydrogen) atoms. The molecule has 3 saturated heterocycles. The number of nitrogens with zero attached hydrogens (tertiary/aromatic N) is 8. The number of aromatic nitrogens is 3. The van der Waals surface area contributed by atoms with Gasteiger partial charge in [-0.25, -0.2) is 23.4 Å². The van der Waals surface area contributed by atoms with Gasteiger partial charge in [-0.15, -0.1) is 0 Å². The van der Waals surface area contributed by atoms with Crippen LogP contribution >= 0.6 is 0 Å². The Labute approximate surface area is 284 Å². The van der Waals surface area contributed by atoms with Crippen LogP contribution in [0.5, 0.6) is 0 Å². The average Bonchev–Trinajstić information content (AvgIpc) is 4.02. The number of carbonyl (C=O) groups excluding carboxylic acids is 1. The van der Waals surface area contributed by atoms with Crippen molar-refractivity contribution in [2.45, 2.75) is 64.7 Å². The van der Waals surface area contributed by atoms with Crippen LogP contribution in [0.2, 0.25) is 0 Å². The standard InChI is InChI=1S/C36H46N8O3S/c1-24-19-29(27-5-6-27)21-37-33(24)41-12-10-40(11-13-41)32-26(3)31(23-45)35(39-36(32)44-9-4-18-48(44,46)47)43-16-14-42(15-17-43)34-25(2)20-30(22-38-34)28-7-8-28/h19-23,27-28H,4-18H2,1-3H3. The van der Waals surface area contributed by atoms with E-state index in [1.54, 1.807) is 0 Å². The molecule has 3 aliphatic heterocycles. The van der Waals surface area contributed by atoms with Gasteiger partial charge in [-0.1, -0.05) is 12.1 Å². The maximum Gasteiger partial charge on any atom is 0.236 e. The van der Waals surface area contributed by atoms with Crippen molar-refractivity contribution in [2.24, 2.45) is 0 Å². The van der Waals surface area contributed by atoms with Crippen LogP contribution in [-0.4, -0.2) is 94.3 Å². The Balaban J connectivity index is 1.06. The number of pyridine rings is 3. The summed E-state index contributed by atoms with van der Waals surface area (Å²) < 4.78 is 28.2. The lowest BCUT2D eigenvalue weighted by Crippen LogP contribution is -2.49. The number of aldehydes is 1. The first-order chi connectivity index (χ1) is 23.2. The largest absolute Gasteiger partial charge is 0.365 e. The van der Waals surface area contributed by atoms with E-state index in [4.69, 9.17) is 15.0 Å². The van der Waals surface area contributed by atoms with Crippen molar-refractivity contribution in [1.82, 2.24) is 15.0 Å². The van der Waals surface area contributed by atoms with Gasteiger partial charge >= 0.3 is 0 Å². The second-order valence-electron chi connectivity index (χ2n) is 14.3. The molecule has 12 heteroatoms. The zero-order chi connectivity index (χ0) is 33.2. The molecule has 2 saturated carbocycles. The summed E-state index contributed by atoms with van der Waals surface area (Å²) in [6, 6.07) is 4.57. The summed E-state index contributed by atoms with van der Waals surface area (Å²) in [6.45, 7) is 12.3. The lowest BCUT2D eigenvalue weighted by molar-refractivity contribution is 0.112. The maximum absolute atomic E-state index is 13.4. The molecule has 3 aromatic rings. The van der Waals surface area contributed by atoms with Crippen LogP contribution in [0, 0.1) is 20.8 Å². The van der Waals surface area contributed by atoms with Gasteiger partial charge in [0.25, 0.3) is 0 Å². The van der Waals surface area contributed by atoms with Gasteiger partial charge < -0.3 is 19.6 Å². The first kappa shape index (κ1) is 31.3. The maximum atomic E-state index is 13.4. The zero-order valence-corrected chi connectivity index (χ0v) is 29.2. The van der Waals surface area contributed by atoms with Crippen molar-refractivity contribution in [1.29, 1.82) is 0 Å². The van der Waals surface area contributed by atoms with E-state index in [1.165, 1.54) is 52.2 Å². The molecule has 6 heterocycles. The molecule has 0 spiro atoms. The van der Waals surface area contributed by atoms with Crippen LogP contribution in [0.25, 0.3) is 0 Å². The topological polar surface area (TPSA) is 106 Å². The van der Waals surface area contributed by atoms with E-state index in [2.05, 4.69) is 45.6 Å². The van der Waals surface area contributed by atoms with E-state index in [0.29, 0.717) is 68.2 Å². The number of carbonyl (C=O) groups is 1. The number of rotatable bonds is 8. The SMILES string of the molecule is Cc1cc(C2CC2)cnc1N1CCN(c2nc(N3CCCS3(=O)=O)c(N3CCN(c4ncc(C5CC5)cc4C)CC3)c(C)c2C=O)CC1. The molecule has 0 unspecified atom stereocenters. The molecular weight excluding hydrogens is 625 g/mol. The molecule has 0 atom stereocenters. The summed E-state index contributed by atoms with van der Waals surface area (Å²) >= 11 is 0. The Morgan fingerprint density at radius 1 is 0.667 bits per heavy atom. The van der Waals surface area contributed by atoms with Gasteiger partial charge in [0.1, 0.15) is 17.5 Å². The van der Waals surface area contributed by atoms with E-state index in [1.807, 2.05) is 19.3 Å². The smallest absolute Gasteiger partial charge is 0.236 e. The van der Waals surface area contributed by atoms with Gasteiger partial charge in [0.15, 0.2) is 12.1 Å². The second-order valence-corrected chi connectivity index (χ2v) is 16.3. The lowest BCUT2D eigenvalue weighted by atomic mass is 10.1. The van der Waals surface area contributed by atoms with E-state index in [9.17, 15) is 13.2 Å². The minimum absolute atomic E-state index is 0.109. The fourth-order valence-corrected chi connectivity index (χ4v) is 9.39. The van der Waals surface area contributed by atoms with Gasteiger partial charge in [0.2, 0.25) is 10.0 Å². The highest BCUT2D eigenvalue weighted by Gasteiger charge is 2.37. The van der Waals surface area contributed by atoms with Crippen molar-refractivity contribution in [3.05, 3.63) is 57.9 Å². The van der Waals surface area contributed by atoms with Crippen molar-refractivity contribution < 1.29 is 13.2 Å². The minimum atomic E-state index is -3.51. The minimum Gasteiger partial charge on any atom is -0.365 e. The Morgan fingerprint density at radius 3 is 1.56 bits per heavy atom. The van der Waals surface area contributed by atoms with Crippen molar-refractivity contribution >= 4 is 45.3 Å². The first-order valence-electron chi connectivity index (χ1n) is 17.6. The molecular formula is C36H46N8O3S. The molecule has 8 rings (SSSR count). The fraction of sp³-hybridized carbons (Fsp3) is 0.556. The summed E-state index contributed by atoms with van der Waals surface area (Å²) in [7, 11) is -3.51. The van der Waals surface area contributed by atoms with Crippen LogP contribution in [0.15, 0.2) is 24.5 Å². The Hall–Kier alpha value is -3.93. The van der Waals surface area contributed by atoms with Crippen LogP contribution in [0.4, 0.5) is 29.0 Å². The molecule has 0 aromatic carbocycles. The summed E-state index contributed by atoms with van der Waals surface area (Å²) in [5.41, 5.74) is 7.16. The summed E-state index contributed by atoms with van der Waals surface area (Å²) in [6.07, 6.45) is 10.6. The molecule has 11 nitrogen and oxygen atoms in total. The van der Waals surface area contributed by atoms with Gasteiger partial charge in [-0.2, -0.15) is 0 Å². The average molecular weight is 671 g/mol. The molecule has 0 amide bonds. The van der Waals surface area contributed by atoms with Crippen LogP contribution < -0.4 is 23.9 Å². The third-order valence-electron chi connectivity index (χ3n) is 10.9. The summed E-state index contributed by atoms with van der Waals surface area (Å²) in [5, 5.41) is 0. The van der Waals surface area contributed by atoms with Crippen LogP contribution in [0.1, 0.15) is 82.1 Å². The highest BCUT2D eigenvalue weighted by molar-refractivity contribution is 7.93. The molecule has 5 aliphatic rings. The Bertz CT molecular complexity index is 1840. The van der Waals surface area contributed by atoms with E-state index in [-0.39, 0.29) is 5.75 Å². The van der Waals surface area contributed by atoms with Crippen LogP contribution in [-0.2, 0) is 10.0 Å². The van der Waals surface area contributed by atoms with Crippen molar-refractivity contribution in [3.63, 3.8) is 0 Å². The monoisotopic (exact) mass is 670 g/mol. The summed E-state index contributed by atoms with van der Waals surface area (Å²) in [5.74, 6) is 4.51. The predicted molar refractivity (Wildman–Crippen MR) is 191 cm³/mol. The third kappa shape index (κ3) is 5.75. The number of aryl methyl sites for hydroxylation is 2. The molecule has 3 aromatic heterocycles. The molecule has 0 radical (unpaired) electrons. The lowest BCUT2D eigenvalue weighted by Gasteiger charge is -2.41. The predicted octanol–water partition coefficient (Wildman–Crippen LogP) is 4.56. The van der Waals surface area contributed by atoms with Gasteiger partial charge in [0, 0.05) is 71.3 Å². The highest BCUT2D eigenvalue weighted by Crippen LogP contribution is 2.43.